The number of nitrogens with one attached hydrogen (secondary N) is 1. The highest BCUT2D eigenvalue weighted by Crippen LogP contribution is 2.11. The Morgan fingerprint density at radius 2 is 2.07 bits per heavy atom. The lowest BCUT2D eigenvalue weighted by Gasteiger charge is -2.04. The predicted octanol–water partition coefficient (Wildman–Crippen LogP) is 2.49. The molecule has 1 N–H and O–H groups in total. The van der Waals surface area contributed by atoms with Crippen LogP contribution in [0.2, 0.25) is 0 Å². The van der Waals surface area contributed by atoms with Crippen LogP contribution in [-0.2, 0) is 4.74 Å². The Morgan fingerprint density at radius 3 is 2.53 bits per heavy atom. The summed E-state index contributed by atoms with van der Waals surface area (Å²) in [6.45, 7) is 2.15. The van der Waals surface area contributed by atoms with Crippen molar-refractivity contribution in [3.05, 3.63) is 29.8 Å². The zero-order chi connectivity index (χ0) is 11.3. The van der Waals surface area contributed by atoms with Crippen molar-refractivity contribution in [2.24, 2.45) is 0 Å². The summed E-state index contributed by atoms with van der Waals surface area (Å²) in [7, 11) is 0. The maximum Gasteiger partial charge on any atom is 0.338 e. The fourth-order valence-corrected chi connectivity index (χ4v) is 1.27. The third-order valence-electron chi connectivity index (χ3n) is 1.65. The second-order valence-corrected chi connectivity index (χ2v) is 3.89. The fourth-order valence-electron chi connectivity index (χ4n) is 1.03. The molecule has 0 atom stereocenters. The molecule has 1 aromatic rings. The van der Waals surface area contributed by atoms with E-state index in [9.17, 15) is 4.79 Å². The molecule has 1 rings (SSSR count). The highest BCUT2D eigenvalue weighted by Gasteiger charge is 2.05. The molecule has 0 aromatic heterocycles. The van der Waals surface area contributed by atoms with Crippen LogP contribution in [0.15, 0.2) is 24.3 Å². The van der Waals surface area contributed by atoms with Crippen LogP contribution in [0, 0.1) is 0 Å². The van der Waals surface area contributed by atoms with Gasteiger partial charge in [-0.25, -0.2) is 4.79 Å². The van der Waals surface area contributed by atoms with Crippen LogP contribution in [-0.4, -0.2) is 16.9 Å². The molecule has 1 aromatic carbocycles. The molecule has 0 saturated heterocycles. The normalized spacial score (nSPS) is 9.47. The molecule has 0 aliphatic rings. The maximum absolute atomic E-state index is 11.3. The molecule has 15 heavy (non-hydrogen) atoms. The lowest BCUT2D eigenvalue weighted by Crippen LogP contribution is -2.05. The van der Waals surface area contributed by atoms with Crippen molar-refractivity contribution in [1.82, 2.24) is 0 Å². The minimum atomic E-state index is -0.322. The Labute approximate surface area is 99.2 Å². The van der Waals surface area contributed by atoms with E-state index in [2.05, 4.69) is 17.9 Å². The van der Waals surface area contributed by atoms with E-state index in [4.69, 9.17) is 17.0 Å². The van der Waals surface area contributed by atoms with Crippen LogP contribution in [0.25, 0.3) is 0 Å². The van der Waals surface area contributed by atoms with Gasteiger partial charge in [0.1, 0.15) is 4.32 Å². The number of benzene rings is 1. The van der Waals surface area contributed by atoms with Crippen molar-refractivity contribution in [2.45, 2.75) is 6.92 Å². The second-order valence-electron chi connectivity index (χ2n) is 2.73. The van der Waals surface area contributed by atoms with Crippen LogP contribution in [0.3, 0.4) is 0 Å². The summed E-state index contributed by atoms with van der Waals surface area (Å²) < 4.78 is 5.24. The number of anilines is 1. The van der Waals surface area contributed by atoms with Crippen LogP contribution < -0.4 is 5.32 Å². The third kappa shape index (κ3) is 3.89. The molecule has 0 aliphatic carbocycles. The average Bonchev–Trinajstić information content (AvgIpc) is 2.18. The molecule has 0 radical (unpaired) electrons. The van der Waals surface area contributed by atoms with Crippen molar-refractivity contribution in [3.8, 4) is 0 Å². The number of hydrogen-bond donors (Lipinski definition) is 2. The summed E-state index contributed by atoms with van der Waals surface area (Å²) in [5.41, 5.74) is 1.32. The van der Waals surface area contributed by atoms with Gasteiger partial charge in [-0.2, -0.15) is 0 Å². The number of rotatable bonds is 3. The number of thiol groups is 1. The van der Waals surface area contributed by atoms with Crippen LogP contribution in [0.5, 0.6) is 0 Å². The van der Waals surface area contributed by atoms with Crippen molar-refractivity contribution in [1.29, 1.82) is 0 Å². The first-order valence-corrected chi connectivity index (χ1v) is 5.26. The molecule has 3 nitrogen and oxygen atoms in total. The lowest BCUT2D eigenvalue weighted by molar-refractivity contribution is 0.0526. The maximum atomic E-state index is 11.3. The van der Waals surface area contributed by atoms with Gasteiger partial charge in [-0.1, -0.05) is 12.2 Å². The lowest BCUT2D eigenvalue weighted by atomic mass is 10.2. The molecular formula is C10H11NO2S2. The minimum Gasteiger partial charge on any atom is -0.462 e. The number of thiocarbonyl (C=S) groups is 1. The van der Waals surface area contributed by atoms with Crippen molar-refractivity contribution in [3.63, 3.8) is 0 Å². The Bertz CT molecular complexity index is 362. The molecule has 0 saturated carbocycles. The van der Waals surface area contributed by atoms with Gasteiger partial charge < -0.3 is 10.1 Å². The third-order valence-corrected chi connectivity index (χ3v) is 1.86. The first-order chi connectivity index (χ1) is 7.13. The fraction of sp³-hybridized carbons (Fsp3) is 0.200. The largest absolute Gasteiger partial charge is 0.462 e. The van der Waals surface area contributed by atoms with Crippen molar-refractivity contribution >= 4 is 40.8 Å². The van der Waals surface area contributed by atoms with Gasteiger partial charge in [0.25, 0.3) is 0 Å². The number of carbonyl (C=O) groups is 1. The number of hydrogen-bond acceptors (Lipinski definition) is 3. The monoisotopic (exact) mass is 241 g/mol. The second kappa shape index (κ2) is 5.72. The summed E-state index contributed by atoms with van der Waals surface area (Å²) in [6, 6.07) is 6.84. The number of esters is 1. The molecule has 0 aliphatic heterocycles. The van der Waals surface area contributed by atoms with E-state index in [1.165, 1.54) is 0 Å². The molecular weight excluding hydrogens is 230 g/mol. The van der Waals surface area contributed by atoms with Gasteiger partial charge >= 0.3 is 5.97 Å². The van der Waals surface area contributed by atoms with Crippen LogP contribution in [0.4, 0.5) is 5.69 Å². The van der Waals surface area contributed by atoms with Gasteiger partial charge in [0.15, 0.2) is 0 Å². The number of ether oxygens (including phenoxy) is 1. The van der Waals surface area contributed by atoms with E-state index in [0.717, 1.165) is 5.69 Å². The van der Waals surface area contributed by atoms with E-state index in [-0.39, 0.29) is 5.97 Å². The topological polar surface area (TPSA) is 38.3 Å². The first-order valence-electron chi connectivity index (χ1n) is 4.40. The Kier molecular flexibility index (Phi) is 4.58. The van der Waals surface area contributed by atoms with Gasteiger partial charge in [0.05, 0.1) is 12.2 Å². The predicted molar refractivity (Wildman–Crippen MR) is 67.6 cm³/mol. The van der Waals surface area contributed by atoms with Crippen LogP contribution in [0.1, 0.15) is 17.3 Å². The smallest absolute Gasteiger partial charge is 0.338 e. The molecule has 0 fully saturated rings. The Balaban J connectivity index is 2.71. The van der Waals surface area contributed by atoms with E-state index >= 15 is 0 Å². The van der Waals surface area contributed by atoms with Gasteiger partial charge in [0, 0.05) is 5.69 Å². The van der Waals surface area contributed by atoms with Gasteiger partial charge in [-0.15, -0.1) is 12.6 Å². The van der Waals surface area contributed by atoms with Gasteiger partial charge in [-0.3, -0.25) is 0 Å². The zero-order valence-electron chi connectivity index (χ0n) is 8.19. The van der Waals surface area contributed by atoms with E-state index < -0.39 is 0 Å². The highest BCUT2D eigenvalue weighted by atomic mass is 32.1. The highest BCUT2D eigenvalue weighted by molar-refractivity contribution is 8.11. The average molecular weight is 241 g/mol. The molecule has 0 bridgehead atoms. The Hall–Kier alpha value is -1.07. The van der Waals surface area contributed by atoms with Crippen molar-refractivity contribution < 1.29 is 9.53 Å². The molecule has 0 spiro atoms. The van der Waals surface area contributed by atoms with Crippen molar-refractivity contribution in [2.75, 3.05) is 11.9 Å². The quantitative estimate of drug-likeness (QED) is 0.484. The molecule has 5 heteroatoms. The summed E-state index contributed by atoms with van der Waals surface area (Å²) in [5, 5.41) is 2.85. The van der Waals surface area contributed by atoms with E-state index in [0.29, 0.717) is 16.5 Å². The minimum absolute atomic E-state index is 0.322. The van der Waals surface area contributed by atoms with Crippen LogP contribution >= 0.6 is 24.8 Å². The zero-order valence-corrected chi connectivity index (χ0v) is 9.90. The van der Waals surface area contributed by atoms with E-state index in [1.54, 1.807) is 31.2 Å². The summed E-state index contributed by atoms with van der Waals surface area (Å²) in [6.07, 6.45) is 0. The SMILES string of the molecule is CCOC(=O)c1ccc(NC(=S)S)cc1. The Morgan fingerprint density at radius 1 is 1.47 bits per heavy atom. The standard InChI is InChI=1S/C10H11NO2S2/c1-2-13-9(12)7-3-5-8(6-4-7)11-10(14)15/h3-6H,2H2,1H3,(H2,11,14,15). The number of carbonyl (C=O) groups excluding carboxylic acids is 1. The molecule has 0 amide bonds. The summed E-state index contributed by atoms with van der Waals surface area (Å²) in [4.78, 5) is 11.3. The summed E-state index contributed by atoms with van der Waals surface area (Å²) >= 11 is 8.70. The first kappa shape index (κ1) is 12.0. The van der Waals surface area contributed by atoms with Gasteiger partial charge in [-0.05, 0) is 31.2 Å². The van der Waals surface area contributed by atoms with E-state index in [1.807, 2.05) is 0 Å². The molecule has 0 unspecified atom stereocenters. The summed E-state index contributed by atoms with van der Waals surface area (Å²) in [5.74, 6) is -0.322. The molecule has 80 valence electrons. The van der Waals surface area contributed by atoms with Gasteiger partial charge in [0.2, 0.25) is 0 Å². The molecule has 0 heterocycles.